The van der Waals surface area contributed by atoms with Gasteiger partial charge in [0, 0.05) is 19.5 Å². The van der Waals surface area contributed by atoms with E-state index in [2.05, 4.69) is 0 Å². The van der Waals surface area contributed by atoms with Gasteiger partial charge in [0.25, 0.3) is 0 Å². The maximum Gasteiger partial charge on any atom is 0.231 e. The van der Waals surface area contributed by atoms with Gasteiger partial charge in [-0.3, -0.25) is 14.2 Å². The molecule has 3 aromatic rings. The summed E-state index contributed by atoms with van der Waals surface area (Å²) in [5.41, 5.74) is 1.73. The highest BCUT2D eigenvalue weighted by molar-refractivity contribution is 7.73. The van der Waals surface area contributed by atoms with Crippen LogP contribution in [0, 0.1) is 3.95 Å². The first-order valence-electron chi connectivity index (χ1n) is 7.68. The fourth-order valence-electron chi connectivity index (χ4n) is 2.67. The number of hydrogen-bond donors (Lipinski definition) is 0. The first kappa shape index (κ1) is 17.3. The minimum Gasteiger partial charge on any atom is -0.277 e. The molecule has 2 amide bonds. The molecule has 0 aliphatic rings. The lowest BCUT2D eigenvalue weighted by atomic mass is 10.2. The van der Waals surface area contributed by atoms with Crippen LogP contribution in [0.3, 0.4) is 0 Å². The van der Waals surface area contributed by atoms with Crippen LogP contribution in [0.15, 0.2) is 60.7 Å². The fourth-order valence-corrected chi connectivity index (χ4v) is 4.10. The zero-order chi connectivity index (χ0) is 18.0. The van der Waals surface area contributed by atoms with Crippen LogP contribution in [0.1, 0.15) is 13.8 Å². The quantitative estimate of drug-likeness (QED) is 0.622. The number of amides is 2. The molecule has 0 N–H and O–H groups in total. The van der Waals surface area contributed by atoms with E-state index in [-0.39, 0.29) is 11.8 Å². The van der Waals surface area contributed by atoms with Crippen molar-refractivity contribution in [1.29, 1.82) is 0 Å². The monoisotopic (exact) mass is 368 g/mol. The summed E-state index contributed by atoms with van der Waals surface area (Å²) in [7, 11) is 0. The molecule has 0 saturated heterocycles. The smallest absolute Gasteiger partial charge is 0.231 e. The summed E-state index contributed by atoms with van der Waals surface area (Å²) in [6.45, 7) is 2.76. The molecule has 0 radical (unpaired) electrons. The Bertz CT molecular complexity index is 962. The van der Waals surface area contributed by atoms with Gasteiger partial charge in [0.05, 0.1) is 4.88 Å². The van der Waals surface area contributed by atoms with Crippen LogP contribution in [0.4, 0.5) is 5.82 Å². The van der Waals surface area contributed by atoms with E-state index in [0.29, 0.717) is 9.77 Å². The Morgan fingerprint density at radius 2 is 1.44 bits per heavy atom. The van der Waals surface area contributed by atoms with E-state index < -0.39 is 0 Å². The third-order valence-electron chi connectivity index (χ3n) is 3.68. The van der Waals surface area contributed by atoms with Gasteiger partial charge in [-0.05, 0) is 29.9 Å². The lowest BCUT2D eigenvalue weighted by Gasteiger charge is -2.21. The maximum atomic E-state index is 12.2. The van der Waals surface area contributed by atoms with E-state index >= 15 is 0 Å². The first-order chi connectivity index (χ1) is 12.0. The Labute approximate surface area is 155 Å². The molecule has 0 aliphatic carbocycles. The number of carbonyl (C=O) groups is 2. The molecule has 1 heterocycles. The number of benzene rings is 2. The van der Waals surface area contributed by atoms with Gasteiger partial charge in [-0.2, -0.15) is 0 Å². The summed E-state index contributed by atoms with van der Waals surface area (Å²) in [5.74, 6) is -0.197. The van der Waals surface area contributed by atoms with E-state index in [1.165, 1.54) is 30.1 Å². The second-order valence-corrected chi connectivity index (χ2v) is 7.08. The van der Waals surface area contributed by atoms with Gasteiger partial charge in [0.15, 0.2) is 3.95 Å². The van der Waals surface area contributed by atoms with Crippen molar-refractivity contribution in [2.75, 3.05) is 4.90 Å². The molecular weight excluding hydrogens is 352 g/mol. The van der Waals surface area contributed by atoms with E-state index in [0.717, 1.165) is 16.1 Å². The number of carbonyl (C=O) groups excluding carboxylic acids is 2. The third kappa shape index (κ3) is 3.31. The van der Waals surface area contributed by atoms with Crippen LogP contribution < -0.4 is 4.90 Å². The summed E-state index contributed by atoms with van der Waals surface area (Å²) in [4.78, 5) is 26.4. The average molecular weight is 368 g/mol. The van der Waals surface area contributed by atoms with Crippen molar-refractivity contribution in [3.63, 3.8) is 0 Å². The lowest BCUT2D eigenvalue weighted by Crippen LogP contribution is -2.35. The third-order valence-corrected chi connectivity index (χ3v) is 5.09. The molecular formula is C19H16N2O2S2. The Morgan fingerprint density at radius 3 is 1.96 bits per heavy atom. The molecule has 126 valence electrons. The van der Waals surface area contributed by atoms with Crippen molar-refractivity contribution in [1.82, 2.24) is 4.57 Å². The molecule has 0 unspecified atom stereocenters. The van der Waals surface area contributed by atoms with Crippen molar-refractivity contribution in [3.05, 3.63) is 64.6 Å². The van der Waals surface area contributed by atoms with E-state index in [1.807, 2.05) is 60.7 Å². The van der Waals surface area contributed by atoms with Gasteiger partial charge in [0.1, 0.15) is 5.82 Å². The van der Waals surface area contributed by atoms with Gasteiger partial charge in [-0.15, -0.1) is 11.3 Å². The number of hydrogen-bond acceptors (Lipinski definition) is 4. The molecule has 4 nitrogen and oxygen atoms in total. The summed E-state index contributed by atoms with van der Waals surface area (Å²) < 4.78 is 2.36. The predicted octanol–water partition coefficient (Wildman–Crippen LogP) is 4.83. The number of rotatable bonds is 3. The van der Waals surface area contributed by atoms with Gasteiger partial charge in [-0.25, -0.2) is 4.90 Å². The normalized spacial score (nSPS) is 10.5. The number of thiazole rings is 1. The van der Waals surface area contributed by atoms with Crippen molar-refractivity contribution in [2.45, 2.75) is 13.8 Å². The second kappa shape index (κ2) is 7.13. The predicted molar refractivity (Wildman–Crippen MR) is 104 cm³/mol. The zero-order valence-corrected chi connectivity index (χ0v) is 15.4. The minimum atomic E-state index is -0.345. The Balaban J connectivity index is 2.37. The van der Waals surface area contributed by atoms with Crippen LogP contribution in [-0.2, 0) is 9.59 Å². The summed E-state index contributed by atoms with van der Waals surface area (Å²) in [5, 5.41) is 0. The highest BCUT2D eigenvalue weighted by Gasteiger charge is 2.27. The molecule has 0 bridgehead atoms. The largest absolute Gasteiger partial charge is 0.277 e. The Hall–Kier alpha value is -2.57. The van der Waals surface area contributed by atoms with Gasteiger partial charge < -0.3 is 0 Å². The van der Waals surface area contributed by atoms with Gasteiger partial charge in [-0.1, -0.05) is 48.5 Å². The molecule has 3 rings (SSSR count). The topological polar surface area (TPSA) is 42.3 Å². The second-order valence-electron chi connectivity index (χ2n) is 5.43. The number of aromatic nitrogens is 1. The summed E-state index contributed by atoms with van der Waals surface area (Å²) >= 11 is 6.95. The summed E-state index contributed by atoms with van der Waals surface area (Å²) in [6, 6.07) is 19.1. The Morgan fingerprint density at radius 1 is 0.920 bits per heavy atom. The van der Waals surface area contributed by atoms with Crippen LogP contribution in [0.5, 0.6) is 0 Å². The molecule has 1 aromatic heterocycles. The van der Waals surface area contributed by atoms with Crippen LogP contribution in [0.2, 0.25) is 0 Å². The van der Waals surface area contributed by atoms with Crippen molar-refractivity contribution >= 4 is 41.2 Å². The van der Waals surface area contributed by atoms with Crippen molar-refractivity contribution in [3.8, 4) is 16.1 Å². The number of imide groups is 1. The van der Waals surface area contributed by atoms with Crippen molar-refractivity contribution < 1.29 is 9.59 Å². The molecule has 2 aromatic carbocycles. The number of para-hydroxylation sites is 1. The number of nitrogens with zero attached hydrogens (tertiary/aromatic N) is 2. The van der Waals surface area contributed by atoms with Crippen molar-refractivity contribution in [2.24, 2.45) is 0 Å². The Kier molecular flexibility index (Phi) is 4.92. The van der Waals surface area contributed by atoms with E-state index in [9.17, 15) is 9.59 Å². The molecule has 0 atom stereocenters. The van der Waals surface area contributed by atoms with Crippen LogP contribution in [-0.4, -0.2) is 16.4 Å². The van der Waals surface area contributed by atoms with Gasteiger partial charge in [0.2, 0.25) is 11.8 Å². The molecule has 6 heteroatoms. The highest BCUT2D eigenvalue weighted by Crippen LogP contribution is 2.39. The molecule has 0 saturated carbocycles. The standard InChI is InChI=1S/C19H16N2O2S2/c1-13(22)20(14(2)23)18-17(15-9-5-3-6-10-15)25-19(24)21(18)16-11-7-4-8-12-16/h3-12H,1-2H3. The van der Waals surface area contributed by atoms with E-state index in [4.69, 9.17) is 12.2 Å². The molecule has 25 heavy (non-hydrogen) atoms. The molecule has 0 fully saturated rings. The van der Waals surface area contributed by atoms with E-state index in [1.54, 1.807) is 4.57 Å². The SMILES string of the molecule is CC(=O)N(C(C)=O)c1c(-c2ccccc2)sc(=S)n1-c1ccccc1. The summed E-state index contributed by atoms with van der Waals surface area (Å²) in [6.07, 6.45) is 0. The zero-order valence-electron chi connectivity index (χ0n) is 13.8. The minimum absolute atomic E-state index is 0.345. The number of anilines is 1. The highest BCUT2D eigenvalue weighted by atomic mass is 32.1. The molecule has 0 aliphatic heterocycles. The average Bonchev–Trinajstić information content (AvgIpc) is 2.93. The van der Waals surface area contributed by atoms with Crippen LogP contribution >= 0.6 is 23.6 Å². The lowest BCUT2D eigenvalue weighted by molar-refractivity contribution is -0.124. The molecule has 0 spiro atoms. The maximum absolute atomic E-state index is 12.2. The van der Waals surface area contributed by atoms with Crippen LogP contribution in [0.25, 0.3) is 16.1 Å². The first-order valence-corrected chi connectivity index (χ1v) is 8.91. The van der Waals surface area contributed by atoms with Gasteiger partial charge >= 0.3 is 0 Å². The fraction of sp³-hybridized carbons (Fsp3) is 0.105.